The number of aryl methyl sites for hydroxylation is 1. The predicted molar refractivity (Wildman–Crippen MR) is 67.0 cm³/mol. The van der Waals surface area contributed by atoms with Gasteiger partial charge < -0.3 is 10.0 Å². The van der Waals surface area contributed by atoms with Crippen molar-refractivity contribution in [1.29, 1.82) is 0 Å². The summed E-state index contributed by atoms with van der Waals surface area (Å²) in [4.78, 5) is 13.9. The van der Waals surface area contributed by atoms with E-state index in [9.17, 15) is 4.79 Å². The Kier molecular flexibility index (Phi) is 5.49. The standard InChI is InChI=1S/C12H19NO2S/c1-3-4-5-13(6-7-14)12(15)11-9-16-8-10(11)2/h8-9,14H,3-7H2,1-2H3. The highest BCUT2D eigenvalue weighted by Gasteiger charge is 2.17. The van der Waals surface area contributed by atoms with Gasteiger partial charge in [-0.1, -0.05) is 13.3 Å². The average molecular weight is 241 g/mol. The molecular formula is C12H19NO2S. The third kappa shape index (κ3) is 3.32. The first-order valence-corrected chi connectivity index (χ1v) is 6.58. The van der Waals surface area contributed by atoms with Crippen LogP contribution in [-0.2, 0) is 0 Å². The number of rotatable bonds is 6. The summed E-state index contributed by atoms with van der Waals surface area (Å²) in [5.41, 5.74) is 1.80. The minimum Gasteiger partial charge on any atom is -0.395 e. The quantitative estimate of drug-likeness (QED) is 0.830. The molecule has 1 aromatic heterocycles. The highest BCUT2D eigenvalue weighted by atomic mass is 32.1. The molecule has 0 saturated carbocycles. The van der Waals surface area contributed by atoms with Crippen LogP contribution in [0.3, 0.4) is 0 Å². The van der Waals surface area contributed by atoms with Crippen LogP contribution in [0.1, 0.15) is 35.7 Å². The third-order valence-corrected chi connectivity index (χ3v) is 3.39. The first kappa shape index (κ1) is 13.2. The van der Waals surface area contributed by atoms with Crippen LogP contribution < -0.4 is 0 Å². The second kappa shape index (κ2) is 6.66. The van der Waals surface area contributed by atoms with Gasteiger partial charge in [0.2, 0.25) is 0 Å². The lowest BCUT2D eigenvalue weighted by Gasteiger charge is -2.21. The lowest BCUT2D eigenvalue weighted by atomic mass is 10.2. The Morgan fingerprint density at radius 1 is 1.44 bits per heavy atom. The van der Waals surface area contributed by atoms with Crippen molar-refractivity contribution < 1.29 is 9.90 Å². The Labute approximate surface area is 101 Å². The SMILES string of the molecule is CCCCN(CCO)C(=O)c1cscc1C. The molecule has 1 aromatic rings. The van der Waals surface area contributed by atoms with Crippen molar-refractivity contribution in [2.45, 2.75) is 26.7 Å². The lowest BCUT2D eigenvalue weighted by molar-refractivity contribution is 0.0719. The van der Waals surface area contributed by atoms with Crippen LogP contribution in [0.5, 0.6) is 0 Å². The number of carbonyl (C=O) groups excluding carboxylic acids is 1. The summed E-state index contributed by atoms with van der Waals surface area (Å²) < 4.78 is 0. The van der Waals surface area contributed by atoms with Crippen molar-refractivity contribution in [3.63, 3.8) is 0 Å². The molecule has 16 heavy (non-hydrogen) atoms. The molecule has 90 valence electrons. The van der Waals surface area contributed by atoms with Crippen molar-refractivity contribution in [3.05, 3.63) is 21.9 Å². The van der Waals surface area contributed by atoms with Crippen molar-refractivity contribution in [1.82, 2.24) is 4.90 Å². The molecule has 0 aliphatic rings. The smallest absolute Gasteiger partial charge is 0.255 e. The number of carbonyl (C=O) groups is 1. The Morgan fingerprint density at radius 2 is 2.19 bits per heavy atom. The maximum absolute atomic E-state index is 12.1. The molecule has 0 bridgehead atoms. The van der Waals surface area contributed by atoms with E-state index in [2.05, 4.69) is 6.92 Å². The Hall–Kier alpha value is -0.870. The zero-order valence-electron chi connectivity index (χ0n) is 9.90. The Morgan fingerprint density at radius 3 is 2.69 bits per heavy atom. The number of amides is 1. The van der Waals surface area contributed by atoms with E-state index in [1.54, 1.807) is 16.2 Å². The van der Waals surface area contributed by atoms with Crippen LogP contribution >= 0.6 is 11.3 Å². The number of hydrogen-bond donors (Lipinski definition) is 1. The summed E-state index contributed by atoms with van der Waals surface area (Å²) in [7, 11) is 0. The highest BCUT2D eigenvalue weighted by Crippen LogP contribution is 2.16. The van der Waals surface area contributed by atoms with Crippen molar-refractivity contribution in [2.75, 3.05) is 19.7 Å². The monoisotopic (exact) mass is 241 g/mol. The van der Waals surface area contributed by atoms with Crippen LogP contribution in [-0.4, -0.2) is 35.6 Å². The zero-order valence-corrected chi connectivity index (χ0v) is 10.7. The van der Waals surface area contributed by atoms with Crippen LogP contribution in [0.25, 0.3) is 0 Å². The normalized spacial score (nSPS) is 10.4. The molecule has 0 radical (unpaired) electrons. The summed E-state index contributed by atoms with van der Waals surface area (Å²) >= 11 is 1.54. The Bertz CT molecular complexity index is 336. The van der Waals surface area contributed by atoms with Gasteiger partial charge in [-0.15, -0.1) is 0 Å². The lowest BCUT2D eigenvalue weighted by Crippen LogP contribution is -2.34. The molecule has 0 aromatic carbocycles. The minimum atomic E-state index is 0.0264. The van der Waals surface area contributed by atoms with E-state index in [1.807, 2.05) is 17.7 Å². The first-order valence-electron chi connectivity index (χ1n) is 5.63. The molecule has 4 heteroatoms. The fourth-order valence-corrected chi connectivity index (χ4v) is 2.36. The van der Waals surface area contributed by atoms with Gasteiger partial charge in [-0.25, -0.2) is 0 Å². The molecule has 0 unspecified atom stereocenters. The average Bonchev–Trinajstić information content (AvgIpc) is 2.69. The number of nitrogens with zero attached hydrogens (tertiary/aromatic N) is 1. The number of hydrogen-bond acceptors (Lipinski definition) is 3. The maximum atomic E-state index is 12.1. The molecule has 0 saturated heterocycles. The molecule has 0 aliphatic heterocycles. The molecule has 0 fully saturated rings. The van der Waals surface area contributed by atoms with Gasteiger partial charge in [0.1, 0.15) is 0 Å². The van der Waals surface area contributed by atoms with Gasteiger partial charge in [0.05, 0.1) is 12.2 Å². The fourth-order valence-electron chi connectivity index (χ4n) is 1.53. The first-order chi connectivity index (χ1) is 7.70. The molecule has 0 atom stereocenters. The number of unbranched alkanes of at least 4 members (excludes halogenated alkanes) is 1. The van der Waals surface area contributed by atoms with Crippen LogP contribution in [0, 0.1) is 6.92 Å². The largest absolute Gasteiger partial charge is 0.395 e. The molecular weight excluding hydrogens is 222 g/mol. The second-order valence-electron chi connectivity index (χ2n) is 3.84. The predicted octanol–water partition coefficient (Wildman–Crippen LogP) is 2.29. The van der Waals surface area contributed by atoms with Gasteiger partial charge in [0, 0.05) is 18.5 Å². The van der Waals surface area contributed by atoms with E-state index in [0.29, 0.717) is 6.54 Å². The Balaban J connectivity index is 2.70. The van der Waals surface area contributed by atoms with Crippen molar-refractivity contribution in [2.24, 2.45) is 0 Å². The molecule has 1 heterocycles. The van der Waals surface area contributed by atoms with Gasteiger partial charge in [-0.05, 0) is 24.3 Å². The summed E-state index contributed by atoms with van der Waals surface area (Å²) in [6.07, 6.45) is 2.03. The fraction of sp³-hybridized carbons (Fsp3) is 0.583. The van der Waals surface area contributed by atoms with E-state index in [0.717, 1.165) is 30.5 Å². The van der Waals surface area contributed by atoms with Crippen molar-refractivity contribution >= 4 is 17.2 Å². The molecule has 1 rings (SSSR count). The van der Waals surface area contributed by atoms with Gasteiger partial charge in [-0.3, -0.25) is 4.79 Å². The molecule has 0 spiro atoms. The summed E-state index contributed by atoms with van der Waals surface area (Å²) in [5, 5.41) is 12.8. The van der Waals surface area contributed by atoms with Gasteiger partial charge in [0.25, 0.3) is 5.91 Å². The number of aliphatic hydroxyl groups excluding tert-OH is 1. The van der Waals surface area contributed by atoms with E-state index in [-0.39, 0.29) is 12.5 Å². The van der Waals surface area contributed by atoms with E-state index < -0.39 is 0 Å². The number of aliphatic hydroxyl groups is 1. The highest BCUT2D eigenvalue weighted by molar-refractivity contribution is 7.08. The summed E-state index contributed by atoms with van der Waals surface area (Å²) in [5.74, 6) is 0.0428. The minimum absolute atomic E-state index is 0.0264. The van der Waals surface area contributed by atoms with Crippen LogP contribution in [0.15, 0.2) is 10.8 Å². The topological polar surface area (TPSA) is 40.5 Å². The molecule has 1 N–H and O–H groups in total. The van der Waals surface area contributed by atoms with Gasteiger partial charge in [0.15, 0.2) is 0 Å². The zero-order chi connectivity index (χ0) is 12.0. The molecule has 3 nitrogen and oxygen atoms in total. The van der Waals surface area contributed by atoms with Crippen molar-refractivity contribution in [3.8, 4) is 0 Å². The maximum Gasteiger partial charge on any atom is 0.255 e. The van der Waals surface area contributed by atoms with Gasteiger partial charge in [-0.2, -0.15) is 11.3 Å². The van der Waals surface area contributed by atoms with Gasteiger partial charge >= 0.3 is 0 Å². The van der Waals surface area contributed by atoms with E-state index >= 15 is 0 Å². The van der Waals surface area contributed by atoms with Crippen LogP contribution in [0.4, 0.5) is 0 Å². The molecule has 1 amide bonds. The van der Waals surface area contributed by atoms with E-state index in [4.69, 9.17) is 5.11 Å². The van der Waals surface area contributed by atoms with E-state index in [1.165, 1.54) is 0 Å². The third-order valence-electron chi connectivity index (χ3n) is 2.52. The summed E-state index contributed by atoms with van der Waals surface area (Å²) in [6, 6.07) is 0. The van der Waals surface area contributed by atoms with Crippen LogP contribution in [0.2, 0.25) is 0 Å². The molecule has 0 aliphatic carbocycles. The summed E-state index contributed by atoms with van der Waals surface area (Å²) in [6.45, 7) is 5.22. The number of thiophene rings is 1. The second-order valence-corrected chi connectivity index (χ2v) is 4.58.